The molecule has 0 aliphatic heterocycles. The minimum Gasteiger partial charge on any atom is -0.335 e. The van der Waals surface area contributed by atoms with E-state index in [0.717, 1.165) is 10.0 Å². The van der Waals surface area contributed by atoms with Gasteiger partial charge in [0.25, 0.3) is 0 Å². The second-order valence-electron chi connectivity index (χ2n) is 3.46. The van der Waals surface area contributed by atoms with Crippen LogP contribution in [0.2, 0.25) is 0 Å². The first-order chi connectivity index (χ1) is 7.63. The summed E-state index contributed by atoms with van der Waals surface area (Å²) in [6, 6.07) is 7.81. The second kappa shape index (κ2) is 6.33. The Bertz CT molecular complexity index is 362. The molecule has 0 saturated heterocycles. The van der Waals surface area contributed by atoms with Crippen molar-refractivity contribution in [1.82, 2.24) is 10.2 Å². The van der Waals surface area contributed by atoms with Crippen LogP contribution in [-0.2, 0) is 6.54 Å². The van der Waals surface area contributed by atoms with Crippen LogP contribution in [0, 0.1) is 0 Å². The van der Waals surface area contributed by atoms with Gasteiger partial charge in [-0.15, -0.1) is 6.58 Å². The van der Waals surface area contributed by atoms with Gasteiger partial charge in [-0.1, -0.05) is 34.1 Å². The smallest absolute Gasteiger partial charge is 0.317 e. The summed E-state index contributed by atoms with van der Waals surface area (Å²) in [6.07, 6.45) is 1.66. The number of nitrogens with zero attached hydrogens (tertiary/aromatic N) is 1. The van der Waals surface area contributed by atoms with Crippen molar-refractivity contribution >= 4 is 22.0 Å². The first-order valence-electron chi connectivity index (χ1n) is 4.98. The highest BCUT2D eigenvalue weighted by atomic mass is 79.9. The molecule has 0 aliphatic carbocycles. The van der Waals surface area contributed by atoms with E-state index < -0.39 is 0 Å². The number of hydrogen-bond acceptors (Lipinski definition) is 1. The number of amides is 2. The molecule has 86 valence electrons. The Balaban J connectivity index is 2.50. The van der Waals surface area contributed by atoms with E-state index in [1.807, 2.05) is 24.3 Å². The van der Waals surface area contributed by atoms with Gasteiger partial charge < -0.3 is 10.2 Å². The maximum atomic E-state index is 11.5. The fraction of sp³-hybridized carbons (Fsp3) is 0.250. The van der Waals surface area contributed by atoms with E-state index in [4.69, 9.17) is 0 Å². The van der Waals surface area contributed by atoms with Gasteiger partial charge in [0.2, 0.25) is 0 Å². The van der Waals surface area contributed by atoms with Crippen molar-refractivity contribution in [2.45, 2.75) is 6.54 Å². The number of rotatable bonds is 4. The Hall–Kier alpha value is -1.29. The minimum absolute atomic E-state index is 0.0946. The van der Waals surface area contributed by atoms with E-state index in [1.165, 1.54) is 0 Å². The van der Waals surface area contributed by atoms with E-state index in [1.54, 1.807) is 18.0 Å². The van der Waals surface area contributed by atoms with Gasteiger partial charge >= 0.3 is 6.03 Å². The lowest BCUT2D eigenvalue weighted by Gasteiger charge is -2.17. The number of benzene rings is 1. The topological polar surface area (TPSA) is 32.3 Å². The molecule has 0 bridgehead atoms. The summed E-state index contributed by atoms with van der Waals surface area (Å²) in [5, 5.41) is 2.72. The van der Waals surface area contributed by atoms with E-state index in [0.29, 0.717) is 13.1 Å². The van der Waals surface area contributed by atoms with Crippen LogP contribution in [0.3, 0.4) is 0 Å². The Morgan fingerprint density at radius 3 is 2.69 bits per heavy atom. The molecule has 0 aliphatic rings. The molecule has 0 saturated carbocycles. The molecule has 0 spiro atoms. The highest BCUT2D eigenvalue weighted by molar-refractivity contribution is 9.10. The lowest BCUT2D eigenvalue weighted by Crippen LogP contribution is -2.36. The summed E-state index contributed by atoms with van der Waals surface area (Å²) in [4.78, 5) is 13.2. The molecule has 1 N–H and O–H groups in total. The lowest BCUT2D eigenvalue weighted by atomic mass is 10.2. The first kappa shape index (κ1) is 12.8. The van der Waals surface area contributed by atoms with E-state index in [9.17, 15) is 4.79 Å². The molecule has 1 rings (SSSR count). The number of halogens is 1. The summed E-state index contributed by atoms with van der Waals surface area (Å²) in [5.41, 5.74) is 1.10. The van der Waals surface area contributed by atoms with Gasteiger partial charge in [0.1, 0.15) is 0 Å². The van der Waals surface area contributed by atoms with Crippen LogP contribution in [0.1, 0.15) is 5.56 Å². The van der Waals surface area contributed by atoms with Crippen molar-refractivity contribution in [3.8, 4) is 0 Å². The highest BCUT2D eigenvalue weighted by Crippen LogP contribution is 2.11. The normalized spacial score (nSPS) is 9.62. The molecule has 1 aromatic carbocycles. The number of carbonyl (C=O) groups excluding carboxylic acids is 1. The average molecular weight is 283 g/mol. The Labute approximate surface area is 104 Å². The third kappa shape index (κ3) is 4.06. The zero-order valence-electron chi connectivity index (χ0n) is 9.24. The van der Waals surface area contributed by atoms with Crippen molar-refractivity contribution in [3.05, 3.63) is 47.0 Å². The fourth-order valence-corrected chi connectivity index (χ4v) is 1.49. The van der Waals surface area contributed by atoms with Crippen LogP contribution in [0.5, 0.6) is 0 Å². The molecular weight excluding hydrogens is 268 g/mol. The van der Waals surface area contributed by atoms with Crippen molar-refractivity contribution in [2.24, 2.45) is 0 Å². The van der Waals surface area contributed by atoms with Crippen molar-refractivity contribution < 1.29 is 4.79 Å². The maximum Gasteiger partial charge on any atom is 0.317 e. The van der Waals surface area contributed by atoms with Crippen molar-refractivity contribution in [1.29, 1.82) is 0 Å². The summed E-state index contributed by atoms with van der Waals surface area (Å²) in [7, 11) is 1.76. The average Bonchev–Trinajstić information content (AvgIpc) is 2.29. The van der Waals surface area contributed by atoms with Gasteiger partial charge in [-0.2, -0.15) is 0 Å². The largest absolute Gasteiger partial charge is 0.335 e. The molecule has 0 unspecified atom stereocenters. The SMILES string of the molecule is C=CCNC(=O)N(C)Cc1ccc(Br)cc1. The summed E-state index contributed by atoms with van der Waals surface area (Å²) in [6.45, 7) is 4.63. The zero-order chi connectivity index (χ0) is 12.0. The monoisotopic (exact) mass is 282 g/mol. The molecule has 0 heterocycles. The van der Waals surface area contributed by atoms with Crippen LogP contribution >= 0.6 is 15.9 Å². The molecule has 2 amide bonds. The van der Waals surface area contributed by atoms with Gasteiger partial charge in [0.05, 0.1) is 0 Å². The summed E-state index contributed by atoms with van der Waals surface area (Å²) < 4.78 is 1.04. The van der Waals surface area contributed by atoms with Crippen molar-refractivity contribution in [2.75, 3.05) is 13.6 Å². The molecule has 0 aromatic heterocycles. The summed E-state index contributed by atoms with van der Waals surface area (Å²) in [5.74, 6) is 0. The Kier molecular flexibility index (Phi) is 5.05. The van der Waals surface area contributed by atoms with Gasteiger partial charge in [-0.05, 0) is 17.7 Å². The highest BCUT2D eigenvalue weighted by Gasteiger charge is 2.06. The number of hydrogen-bond donors (Lipinski definition) is 1. The van der Waals surface area contributed by atoms with Gasteiger partial charge in [-0.25, -0.2) is 4.79 Å². The molecule has 4 heteroatoms. The first-order valence-corrected chi connectivity index (χ1v) is 5.77. The third-order valence-corrected chi connectivity index (χ3v) is 2.61. The van der Waals surface area contributed by atoms with E-state index in [-0.39, 0.29) is 6.03 Å². The number of nitrogens with one attached hydrogen (secondary N) is 1. The van der Waals surface area contributed by atoms with Crippen LogP contribution < -0.4 is 5.32 Å². The predicted octanol–water partition coefficient (Wildman–Crippen LogP) is 2.78. The minimum atomic E-state index is -0.0946. The van der Waals surface area contributed by atoms with E-state index in [2.05, 4.69) is 27.8 Å². The van der Waals surface area contributed by atoms with Crippen LogP contribution in [0.25, 0.3) is 0 Å². The fourth-order valence-electron chi connectivity index (χ4n) is 1.23. The van der Waals surface area contributed by atoms with E-state index >= 15 is 0 Å². The maximum absolute atomic E-state index is 11.5. The zero-order valence-corrected chi connectivity index (χ0v) is 10.8. The van der Waals surface area contributed by atoms with Gasteiger partial charge in [-0.3, -0.25) is 0 Å². The second-order valence-corrected chi connectivity index (χ2v) is 4.37. The van der Waals surface area contributed by atoms with Gasteiger partial charge in [0.15, 0.2) is 0 Å². The van der Waals surface area contributed by atoms with Gasteiger partial charge in [0, 0.05) is 24.6 Å². The molecule has 3 nitrogen and oxygen atoms in total. The molecule has 0 atom stereocenters. The summed E-state index contributed by atoms with van der Waals surface area (Å²) >= 11 is 3.37. The third-order valence-electron chi connectivity index (χ3n) is 2.08. The Morgan fingerprint density at radius 1 is 1.50 bits per heavy atom. The van der Waals surface area contributed by atoms with Crippen LogP contribution in [-0.4, -0.2) is 24.5 Å². The quantitative estimate of drug-likeness (QED) is 0.847. The van der Waals surface area contributed by atoms with Crippen molar-refractivity contribution in [3.63, 3.8) is 0 Å². The lowest BCUT2D eigenvalue weighted by molar-refractivity contribution is 0.208. The number of urea groups is 1. The molecule has 16 heavy (non-hydrogen) atoms. The van der Waals surface area contributed by atoms with Crippen LogP contribution in [0.15, 0.2) is 41.4 Å². The molecule has 0 fully saturated rings. The number of carbonyl (C=O) groups is 1. The molecular formula is C12H15BrN2O. The van der Waals surface area contributed by atoms with Crippen LogP contribution in [0.4, 0.5) is 4.79 Å². The standard InChI is InChI=1S/C12H15BrN2O/c1-3-8-14-12(16)15(2)9-10-4-6-11(13)7-5-10/h3-7H,1,8-9H2,2H3,(H,14,16). The molecule has 0 radical (unpaired) electrons. The Morgan fingerprint density at radius 2 is 2.12 bits per heavy atom. The predicted molar refractivity (Wildman–Crippen MR) is 69.2 cm³/mol. The molecule has 1 aromatic rings.